The largest absolute Gasteiger partial charge is 0.270 e. The van der Waals surface area contributed by atoms with Gasteiger partial charge in [-0.3, -0.25) is 14.8 Å². The highest BCUT2D eigenvalue weighted by molar-refractivity contribution is 5.38. The highest BCUT2D eigenvalue weighted by Gasteiger charge is 2.27. The molecule has 2 bridgehead atoms. The maximum absolute atomic E-state index is 4.45. The molecule has 8 heteroatoms. The summed E-state index contributed by atoms with van der Waals surface area (Å²) in [6.45, 7) is 9.03. The molecule has 0 aromatic heterocycles. The van der Waals surface area contributed by atoms with Gasteiger partial charge in [0.2, 0.25) is 0 Å². The molecular weight excluding hydrogens is 352 g/mol. The van der Waals surface area contributed by atoms with Gasteiger partial charge in [0.1, 0.15) is 0 Å². The second-order valence-corrected chi connectivity index (χ2v) is 7.42. The van der Waals surface area contributed by atoms with Crippen LogP contribution in [0.5, 0.6) is 0 Å². The van der Waals surface area contributed by atoms with Crippen LogP contribution in [-0.4, -0.2) is 59.6 Å². The van der Waals surface area contributed by atoms with Crippen molar-refractivity contribution in [1.82, 2.24) is 19.8 Å². The van der Waals surface area contributed by atoms with Gasteiger partial charge in [-0.15, -0.1) is 10.2 Å². The van der Waals surface area contributed by atoms with Crippen molar-refractivity contribution in [2.45, 2.75) is 13.8 Å². The zero-order valence-electron chi connectivity index (χ0n) is 16.4. The SMILES string of the molecule is Cc1ccc(N=NN2CCN3CN(C2)CN(N=Nc2ccc(C)cc2)C3)cc1. The highest BCUT2D eigenvalue weighted by atomic mass is 15.7. The third kappa shape index (κ3) is 4.90. The van der Waals surface area contributed by atoms with Crippen molar-refractivity contribution in [3.63, 3.8) is 0 Å². The molecule has 2 unspecified atom stereocenters. The number of hydrogen-bond donors (Lipinski definition) is 0. The van der Waals surface area contributed by atoms with Crippen LogP contribution in [0.15, 0.2) is 69.2 Å². The number of rotatable bonds is 4. The topological polar surface area (TPSA) is 62.4 Å². The van der Waals surface area contributed by atoms with Crippen LogP contribution in [0.4, 0.5) is 11.4 Å². The molecule has 2 heterocycles. The zero-order valence-corrected chi connectivity index (χ0v) is 16.4. The summed E-state index contributed by atoms with van der Waals surface area (Å²) in [7, 11) is 0. The summed E-state index contributed by atoms with van der Waals surface area (Å²) in [6, 6.07) is 16.2. The maximum atomic E-state index is 4.45. The summed E-state index contributed by atoms with van der Waals surface area (Å²) in [5, 5.41) is 21.6. The minimum absolute atomic E-state index is 0.725. The lowest BCUT2D eigenvalue weighted by Crippen LogP contribution is -2.52. The first-order valence-corrected chi connectivity index (χ1v) is 9.55. The first kappa shape index (κ1) is 18.5. The van der Waals surface area contributed by atoms with Crippen molar-refractivity contribution in [3.05, 3.63) is 59.7 Å². The second kappa shape index (κ2) is 8.45. The third-order valence-electron chi connectivity index (χ3n) is 4.81. The second-order valence-electron chi connectivity index (χ2n) is 7.42. The van der Waals surface area contributed by atoms with E-state index in [9.17, 15) is 0 Å². The van der Waals surface area contributed by atoms with Crippen LogP contribution in [0.2, 0.25) is 0 Å². The molecule has 4 rings (SSSR count). The fourth-order valence-corrected chi connectivity index (χ4v) is 3.25. The molecule has 0 spiro atoms. The van der Waals surface area contributed by atoms with Crippen LogP contribution in [0, 0.1) is 13.8 Å². The molecule has 146 valence electrons. The Hall–Kier alpha value is -2.84. The average molecular weight is 378 g/mol. The molecular formula is C20H26N8. The van der Waals surface area contributed by atoms with E-state index < -0.39 is 0 Å². The van der Waals surface area contributed by atoms with Gasteiger partial charge in [0.25, 0.3) is 0 Å². The summed E-state index contributed by atoms with van der Waals surface area (Å²) in [6.07, 6.45) is 0. The summed E-state index contributed by atoms with van der Waals surface area (Å²) in [4.78, 5) is 4.64. The van der Waals surface area contributed by atoms with E-state index in [0.29, 0.717) is 0 Å². The van der Waals surface area contributed by atoms with E-state index in [2.05, 4.69) is 56.5 Å². The molecule has 28 heavy (non-hydrogen) atoms. The van der Waals surface area contributed by atoms with E-state index in [1.807, 2.05) is 46.4 Å². The molecule has 2 saturated heterocycles. The quantitative estimate of drug-likeness (QED) is 0.753. The van der Waals surface area contributed by atoms with Crippen molar-refractivity contribution in [1.29, 1.82) is 0 Å². The lowest BCUT2D eigenvalue weighted by molar-refractivity contribution is -0.0290. The van der Waals surface area contributed by atoms with Gasteiger partial charge in [0.05, 0.1) is 44.6 Å². The predicted octanol–water partition coefficient (Wildman–Crippen LogP) is 4.07. The average Bonchev–Trinajstić information content (AvgIpc) is 2.84. The Morgan fingerprint density at radius 3 is 1.68 bits per heavy atom. The molecule has 0 radical (unpaired) electrons. The molecule has 0 saturated carbocycles. The lowest BCUT2D eigenvalue weighted by atomic mass is 10.2. The Kier molecular flexibility index (Phi) is 5.59. The first-order valence-electron chi connectivity index (χ1n) is 9.55. The van der Waals surface area contributed by atoms with Crippen LogP contribution in [-0.2, 0) is 0 Å². The van der Waals surface area contributed by atoms with Crippen molar-refractivity contribution in [2.24, 2.45) is 20.7 Å². The van der Waals surface area contributed by atoms with Gasteiger partial charge in [-0.05, 0) is 38.1 Å². The van der Waals surface area contributed by atoms with E-state index in [4.69, 9.17) is 0 Å². The van der Waals surface area contributed by atoms with Crippen LogP contribution in [0.1, 0.15) is 11.1 Å². The Bertz CT molecular complexity index is 777. The molecule has 0 aliphatic carbocycles. The molecule has 0 amide bonds. The minimum atomic E-state index is 0.725. The molecule has 0 N–H and O–H groups in total. The Balaban J connectivity index is 1.36. The maximum Gasteiger partial charge on any atom is 0.0936 e. The van der Waals surface area contributed by atoms with Gasteiger partial charge >= 0.3 is 0 Å². The highest BCUT2D eigenvalue weighted by Crippen LogP contribution is 2.18. The zero-order chi connectivity index (χ0) is 19.3. The smallest absolute Gasteiger partial charge is 0.0936 e. The molecule has 8 nitrogen and oxygen atoms in total. The van der Waals surface area contributed by atoms with Crippen LogP contribution < -0.4 is 0 Å². The number of fused-ring (bicyclic) bond motifs is 2. The van der Waals surface area contributed by atoms with Crippen LogP contribution in [0.25, 0.3) is 0 Å². The van der Waals surface area contributed by atoms with Crippen molar-refractivity contribution in [3.8, 4) is 0 Å². The Labute approximate surface area is 165 Å². The monoisotopic (exact) mass is 378 g/mol. The normalized spacial score (nSPS) is 22.8. The summed E-state index contributed by atoms with van der Waals surface area (Å²) in [5.41, 5.74) is 4.20. The number of hydrogen-bond acceptors (Lipinski definition) is 6. The van der Waals surface area contributed by atoms with Crippen molar-refractivity contribution < 1.29 is 0 Å². The summed E-state index contributed by atoms with van der Waals surface area (Å²) in [5.74, 6) is 0. The number of nitrogens with zero attached hydrogens (tertiary/aromatic N) is 8. The van der Waals surface area contributed by atoms with Crippen molar-refractivity contribution in [2.75, 3.05) is 39.8 Å². The lowest BCUT2D eigenvalue weighted by Gasteiger charge is -2.37. The van der Waals surface area contributed by atoms with Crippen molar-refractivity contribution >= 4 is 11.4 Å². The van der Waals surface area contributed by atoms with E-state index in [0.717, 1.165) is 51.1 Å². The molecule has 2 aromatic rings. The fourth-order valence-electron chi connectivity index (χ4n) is 3.25. The van der Waals surface area contributed by atoms with Crippen LogP contribution >= 0.6 is 0 Å². The van der Waals surface area contributed by atoms with Gasteiger partial charge in [0.15, 0.2) is 0 Å². The summed E-state index contributed by atoms with van der Waals surface area (Å²) >= 11 is 0. The minimum Gasteiger partial charge on any atom is -0.270 e. The van der Waals surface area contributed by atoms with E-state index in [1.165, 1.54) is 11.1 Å². The molecule has 2 aliphatic rings. The fraction of sp³-hybridized carbons (Fsp3) is 0.400. The molecule has 2 aromatic carbocycles. The van der Waals surface area contributed by atoms with Gasteiger partial charge in [-0.25, -0.2) is 5.01 Å². The molecule has 2 aliphatic heterocycles. The molecule has 2 fully saturated rings. The number of benzene rings is 2. The third-order valence-corrected chi connectivity index (χ3v) is 4.81. The van der Waals surface area contributed by atoms with E-state index in [1.54, 1.807) is 0 Å². The van der Waals surface area contributed by atoms with Crippen LogP contribution in [0.3, 0.4) is 0 Å². The van der Waals surface area contributed by atoms with Gasteiger partial charge in [-0.2, -0.15) is 0 Å². The van der Waals surface area contributed by atoms with E-state index in [-0.39, 0.29) is 0 Å². The van der Waals surface area contributed by atoms with Gasteiger partial charge in [-0.1, -0.05) is 45.8 Å². The first-order chi connectivity index (χ1) is 13.6. The van der Waals surface area contributed by atoms with E-state index >= 15 is 0 Å². The summed E-state index contributed by atoms with van der Waals surface area (Å²) < 4.78 is 0. The standard InChI is InChI=1S/C20H26N8/c1-17-3-7-19(8-4-17)21-23-27-12-11-25-13-26(15-27)16-28(14-25)24-22-20-9-5-18(2)6-10-20/h3-10H,11-16H2,1-2H3. The Morgan fingerprint density at radius 2 is 1.07 bits per heavy atom. The van der Waals surface area contributed by atoms with Gasteiger partial charge in [0, 0.05) is 6.54 Å². The predicted molar refractivity (Wildman–Crippen MR) is 108 cm³/mol. The molecule has 2 atom stereocenters. The Morgan fingerprint density at radius 1 is 0.571 bits per heavy atom. The van der Waals surface area contributed by atoms with Gasteiger partial charge < -0.3 is 0 Å². The number of aryl methyl sites for hydroxylation is 2.